The average Bonchev–Trinajstić information content (AvgIpc) is 2.60. The molecule has 0 aliphatic rings. The average molecular weight is 405 g/mol. The molecule has 0 aliphatic heterocycles. The highest BCUT2D eigenvalue weighted by Crippen LogP contribution is 2.18. The van der Waals surface area contributed by atoms with E-state index in [1.54, 1.807) is 30.3 Å². The molecule has 0 saturated carbocycles. The number of rotatable bonds is 8. The summed E-state index contributed by atoms with van der Waals surface area (Å²) in [5.41, 5.74) is 1.94. The van der Waals surface area contributed by atoms with Gasteiger partial charge < -0.3 is 10.6 Å². The van der Waals surface area contributed by atoms with Crippen molar-refractivity contribution in [3.8, 4) is 0 Å². The van der Waals surface area contributed by atoms with Crippen LogP contribution in [0.15, 0.2) is 53.4 Å². The predicted octanol–water partition coefficient (Wildman–Crippen LogP) is 2.28. The first-order valence-electron chi connectivity index (χ1n) is 9.39. The van der Waals surface area contributed by atoms with Crippen molar-refractivity contribution >= 4 is 21.6 Å². The number of amides is 1. The SMILES string of the molecule is Cc1cccc(NS(=O)(=O)c2cccc(C(=O)NCCC[NH2+]C(C)(C)C)c2)c1. The van der Waals surface area contributed by atoms with Crippen molar-refractivity contribution < 1.29 is 18.5 Å². The van der Waals surface area contributed by atoms with Crippen molar-refractivity contribution in [3.63, 3.8) is 0 Å². The first-order chi connectivity index (χ1) is 13.1. The lowest BCUT2D eigenvalue weighted by Gasteiger charge is -2.16. The quantitative estimate of drug-likeness (QED) is 0.590. The molecule has 4 N–H and O–H groups in total. The molecule has 2 aromatic rings. The fourth-order valence-electron chi connectivity index (χ4n) is 2.67. The van der Waals surface area contributed by atoms with Crippen molar-refractivity contribution in [2.75, 3.05) is 17.8 Å². The first kappa shape index (κ1) is 21.9. The van der Waals surface area contributed by atoms with Crippen molar-refractivity contribution in [2.24, 2.45) is 0 Å². The van der Waals surface area contributed by atoms with E-state index in [9.17, 15) is 13.2 Å². The minimum Gasteiger partial charge on any atom is -0.352 e. The molecule has 6 nitrogen and oxygen atoms in total. The number of nitrogens with two attached hydrogens (primary N) is 1. The van der Waals surface area contributed by atoms with Gasteiger partial charge in [-0.15, -0.1) is 0 Å². The van der Waals surface area contributed by atoms with Crippen LogP contribution in [0.2, 0.25) is 0 Å². The van der Waals surface area contributed by atoms with E-state index in [4.69, 9.17) is 0 Å². The molecule has 0 radical (unpaired) electrons. The van der Waals surface area contributed by atoms with E-state index in [1.165, 1.54) is 12.1 Å². The molecule has 0 spiro atoms. The summed E-state index contributed by atoms with van der Waals surface area (Å²) in [5.74, 6) is -0.275. The Labute approximate surface area is 167 Å². The molecular weight excluding hydrogens is 374 g/mol. The van der Waals surface area contributed by atoms with Crippen LogP contribution in [-0.2, 0) is 10.0 Å². The van der Waals surface area contributed by atoms with Gasteiger partial charge in [0.2, 0.25) is 0 Å². The van der Waals surface area contributed by atoms with E-state index < -0.39 is 10.0 Å². The summed E-state index contributed by atoms with van der Waals surface area (Å²) in [6.07, 6.45) is 0.843. The normalized spacial score (nSPS) is 11.9. The van der Waals surface area contributed by atoms with Crippen LogP contribution in [0.5, 0.6) is 0 Å². The van der Waals surface area contributed by atoms with Crippen LogP contribution in [0.1, 0.15) is 43.1 Å². The molecular formula is C21H30N3O3S+. The van der Waals surface area contributed by atoms with Gasteiger partial charge >= 0.3 is 0 Å². The van der Waals surface area contributed by atoms with Gasteiger partial charge in [-0.25, -0.2) is 8.42 Å². The van der Waals surface area contributed by atoms with Crippen LogP contribution < -0.4 is 15.4 Å². The van der Waals surface area contributed by atoms with Crippen LogP contribution in [0.3, 0.4) is 0 Å². The lowest BCUT2D eigenvalue weighted by molar-refractivity contribution is -0.717. The maximum atomic E-state index is 12.6. The topological polar surface area (TPSA) is 91.9 Å². The van der Waals surface area contributed by atoms with E-state index in [0.717, 1.165) is 18.5 Å². The van der Waals surface area contributed by atoms with Gasteiger partial charge in [-0.1, -0.05) is 18.2 Å². The molecule has 2 rings (SSSR count). The zero-order valence-corrected chi connectivity index (χ0v) is 17.8. The summed E-state index contributed by atoms with van der Waals surface area (Å²) in [6.45, 7) is 9.78. The Hall–Kier alpha value is -2.38. The third kappa shape index (κ3) is 6.98. The zero-order chi connectivity index (χ0) is 20.8. The van der Waals surface area contributed by atoms with Crippen molar-refractivity contribution in [3.05, 3.63) is 59.7 Å². The van der Waals surface area contributed by atoms with E-state index in [-0.39, 0.29) is 16.3 Å². The van der Waals surface area contributed by atoms with Gasteiger partial charge in [0, 0.05) is 24.2 Å². The molecule has 2 aromatic carbocycles. The third-order valence-electron chi connectivity index (χ3n) is 4.10. The number of anilines is 1. The van der Waals surface area contributed by atoms with E-state index in [2.05, 4.69) is 36.1 Å². The minimum atomic E-state index is -3.77. The zero-order valence-electron chi connectivity index (χ0n) is 17.0. The van der Waals surface area contributed by atoms with Gasteiger partial charge in [0.15, 0.2) is 0 Å². The fraction of sp³-hybridized carbons (Fsp3) is 0.381. The van der Waals surface area contributed by atoms with E-state index in [0.29, 0.717) is 17.8 Å². The van der Waals surface area contributed by atoms with Crippen molar-refractivity contribution in [2.45, 2.75) is 44.6 Å². The van der Waals surface area contributed by atoms with E-state index in [1.807, 2.05) is 13.0 Å². The standard InChI is InChI=1S/C21H29N3O3S/c1-16-8-5-10-18(14-16)24-28(26,27)19-11-6-9-17(15-19)20(25)22-12-7-13-23-21(2,3)4/h5-6,8-11,14-15,23-24H,7,12-13H2,1-4H3,(H,22,25)/p+1. The molecule has 0 fully saturated rings. The lowest BCUT2D eigenvalue weighted by atomic mass is 10.1. The molecule has 0 heterocycles. The molecule has 1 amide bonds. The Balaban J connectivity index is 1.99. The second kappa shape index (κ2) is 9.21. The molecule has 28 heavy (non-hydrogen) atoms. The van der Waals surface area contributed by atoms with Crippen LogP contribution in [0, 0.1) is 6.92 Å². The summed E-state index contributed by atoms with van der Waals surface area (Å²) in [6, 6.07) is 13.2. The van der Waals surface area contributed by atoms with Crippen LogP contribution >= 0.6 is 0 Å². The molecule has 0 bridgehead atoms. The van der Waals surface area contributed by atoms with Crippen molar-refractivity contribution in [1.82, 2.24) is 5.32 Å². The number of hydrogen-bond acceptors (Lipinski definition) is 3. The van der Waals surface area contributed by atoms with Crippen molar-refractivity contribution in [1.29, 1.82) is 0 Å². The van der Waals surface area contributed by atoms with Gasteiger partial charge in [0.1, 0.15) is 0 Å². The highest BCUT2D eigenvalue weighted by Gasteiger charge is 2.17. The second-order valence-electron chi connectivity index (χ2n) is 7.97. The highest BCUT2D eigenvalue weighted by atomic mass is 32.2. The van der Waals surface area contributed by atoms with Gasteiger partial charge in [-0.3, -0.25) is 9.52 Å². The Morgan fingerprint density at radius 2 is 1.79 bits per heavy atom. The smallest absolute Gasteiger partial charge is 0.261 e. The number of quaternary nitrogens is 1. The number of carbonyl (C=O) groups excluding carboxylic acids is 1. The highest BCUT2D eigenvalue weighted by molar-refractivity contribution is 7.92. The monoisotopic (exact) mass is 404 g/mol. The molecule has 0 aromatic heterocycles. The number of carbonyl (C=O) groups is 1. The molecule has 7 heteroatoms. The lowest BCUT2D eigenvalue weighted by Crippen LogP contribution is -2.94. The third-order valence-corrected chi connectivity index (χ3v) is 5.48. The summed E-state index contributed by atoms with van der Waals surface area (Å²) in [7, 11) is -3.77. The number of sulfonamides is 1. The number of nitrogens with one attached hydrogen (secondary N) is 2. The van der Waals surface area contributed by atoms with Crippen LogP contribution in [0.4, 0.5) is 5.69 Å². The molecule has 152 valence electrons. The summed E-state index contributed by atoms with van der Waals surface area (Å²) in [5, 5.41) is 5.07. The predicted molar refractivity (Wildman–Crippen MR) is 112 cm³/mol. The second-order valence-corrected chi connectivity index (χ2v) is 9.65. The Bertz CT molecular complexity index is 918. The largest absolute Gasteiger partial charge is 0.352 e. The fourth-order valence-corrected chi connectivity index (χ4v) is 3.76. The number of hydrogen-bond donors (Lipinski definition) is 3. The Morgan fingerprint density at radius 1 is 1.07 bits per heavy atom. The van der Waals surface area contributed by atoms with E-state index >= 15 is 0 Å². The maximum Gasteiger partial charge on any atom is 0.261 e. The Kier molecular flexibility index (Phi) is 7.21. The van der Waals surface area contributed by atoms with Crippen LogP contribution in [0.25, 0.3) is 0 Å². The molecule has 0 atom stereocenters. The minimum absolute atomic E-state index is 0.0581. The summed E-state index contributed by atoms with van der Waals surface area (Å²) < 4.78 is 27.8. The van der Waals surface area contributed by atoms with Gasteiger partial charge in [0.05, 0.1) is 17.0 Å². The number of aryl methyl sites for hydroxylation is 1. The number of benzene rings is 2. The van der Waals surface area contributed by atoms with Gasteiger partial charge in [-0.05, 0) is 63.6 Å². The van der Waals surface area contributed by atoms with Gasteiger partial charge in [0.25, 0.3) is 15.9 Å². The molecule has 0 saturated heterocycles. The van der Waals surface area contributed by atoms with Gasteiger partial charge in [-0.2, -0.15) is 0 Å². The maximum absolute atomic E-state index is 12.6. The van der Waals surface area contributed by atoms with Crippen LogP contribution in [-0.4, -0.2) is 33.0 Å². The Morgan fingerprint density at radius 3 is 2.46 bits per heavy atom. The molecule has 0 aliphatic carbocycles. The first-order valence-corrected chi connectivity index (χ1v) is 10.9. The summed E-state index contributed by atoms with van der Waals surface area (Å²) >= 11 is 0. The molecule has 0 unspecified atom stereocenters. The summed E-state index contributed by atoms with van der Waals surface area (Å²) in [4.78, 5) is 12.4.